The Kier molecular flexibility index (Phi) is 5.69. The van der Waals surface area contributed by atoms with Gasteiger partial charge in [0, 0.05) is 49.4 Å². The van der Waals surface area contributed by atoms with E-state index in [-0.39, 0.29) is 24.0 Å². The van der Waals surface area contributed by atoms with Crippen molar-refractivity contribution in [1.29, 1.82) is 0 Å². The highest BCUT2D eigenvalue weighted by Crippen LogP contribution is 2.22. The Morgan fingerprint density at radius 2 is 1.96 bits per heavy atom. The van der Waals surface area contributed by atoms with Crippen LogP contribution in [0.2, 0.25) is 0 Å². The highest BCUT2D eigenvalue weighted by Gasteiger charge is 2.26. The molecule has 1 saturated heterocycles. The smallest absolute Gasteiger partial charge is 0.273 e. The summed E-state index contributed by atoms with van der Waals surface area (Å²) in [7, 11) is 0. The maximum Gasteiger partial charge on any atom is 0.273 e. The number of amides is 2. The van der Waals surface area contributed by atoms with Crippen LogP contribution in [0.15, 0.2) is 28.8 Å². The summed E-state index contributed by atoms with van der Waals surface area (Å²) in [4.78, 5) is 39.0. The first-order valence-electron chi connectivity index (χ1n) is 8.84. The lowest BCUT2D eigenvalue weighted by Crippen LogP contribution is -2.50. The van der Waals surface area contributed by atoms with Crippen molar-refractivity contribution in [3.05, 3.63) is 51.3 Å². The lowest BCUT2D eigenvalue weighted by atomic mass is 10.1. The Morgan fingerprint density at radius 3 is 2.57 bits per heavy atom. The van der Waals surface area contributed by atoms with E-state index < -0.39 is 4.92 Å². The van der Waals surface area contributed by atoms with Crippen LogP contribution < -0.4 is 5.32 Å². The number of anilines is 1. The van der Waals surface area contributed by atoms with Gasteiger partial charge in [-0.05, 0) is 19.9 Å². The normalized spacial score (nSPS) is 14.7. The van der Waals surface area contributed by atoms with E-state index >= 15 is 0 Å². The number of aromatic nitrogens is 1. The van der Waals surface area contributed by atoms with Gasteiger partial charge in [-0.1, -0.05) is 11.2 Å². The van der Waals surface area contributed by atoms with Gasteiger partial charge in [0.1, 0.15) is 5.76 Å². The van der Waals surface area contributed by atoms with Crippen molar-refractivity contribution in [2.45, 2.75) is 13.8 Å². The van der Waals surface area contributed by atoms with Crippen molar-refractivity contribution in [2.75, 3.05) is 38.0 Å². The topological polar surface area (TPSA) is 122 Å². The molecule has 1 aliphatic rings. The Labute approximate surface area is 161 Å². The molecule has 10 nitrogen and oxygen atoms in total. The molecule has 10 heteroatoms. The lowest BCUT2D eigenvalue weighted by molar-refractivity contribution is -0.385. The van der Waals surface area contributed by atoms with Crippen molar-refractivity contribution in [2.24, 2.45) is 0 Å². The van der Waals surface area contributed by atoms with Gasteiger partial charge in [-0.3, -0.25) is 24.6 Å². The molecule has 1 fully saturated rings. The molecule has 1 N–H and O–H groups in total. The van der Waals surface area contributed by atoms with Crippen LogP contribution in [0.5, 0.6) is 0 Å². The first-order valence-corrected chi connectivity index (χ1v) is 8.84. The molecule has 2 heterocycles. The quantitative estimate of drug-likeness (QED) is 0.611. The average Bonchev–Trinajstić information content (AvgIpc) is 3.06. The number of aryl methyl sites for hydroxylation is 1. The zero-order valence-corrected chi connectivity index (χ0v) is 15.7. The molecule has 2 aromatic rings. The first kappa shape index (κ1) is 19.5. The van der Waals surface area contributed by atoms with Crippen molar-refractivity contribution >= 4 is 23.3 Å². The van der Waals surface area contributed by atoms with E-state index in [0.29, 0.717) is 48.9 Å². The highest BCUT2D eigenvalue weighted by molar-refractivity contribution is 5.96. The third-order valence-electron chi connectivity index (χ3n) is 4.65. The molecule has 0 atom stereocenters. The minimum Gasteiger partial charge on any atom is -0.360 e. The number of piperazine rings is 1. The van der Waals surface area contributed by atoms with Crippen LogP contribution in [-0.4, -0.2) is 64.4 Å². The third kappa shape index (κ3) is 4.34. The van der Waals surface area contributed by atoms with Gasteiger partial charge in [-0.2, -0.15) is 0 Å². The molecule has 1 aromatic heterocycles. The van der Waals surface area contributed by atoms with Gasteiger partial charge >= 0.3 is 0 Å². The number of nitro benzene ring substituents is 1. The van der Waals surface area contributed by atoms with E-state index in [1.54, 1.807) is 30.9 Å². The summed E-state index contributed by atoms with van der Waals surface area (Å²) < 4.78 is 4.91. The monoisotopic (exact) mass is 387 g/mol. The second kappa shape index (κ2) is 8.17. The van der Waals surface area contributed by atoms with Crippen LogP contribution in [-0.2, 0) is 4.79 Å². The molecule has 0 radical (unpaired) electrons. The third-order valence-corrected chi connectivity index (χ3v) is 4.65. The van der Waals surface area contributed by atoms with Gasteiger partial charge in [0.05, 0.1) is 11.5 Å². The summed E-state index contributed by atoms with van der Waals surface area (Å²) in [6, 6.07) is 6.14. The maximum atomic E-state index is 12.8. The number of carbonyl (C=O) groups excluding carboxylic acids is 2. The predicted octanol–water partition coefficient (Wildman–Crippen LogP) is 1.60. The maximum absolute atomic E-state index is 12.8. The molecule has 0 spiro atoms. The van der Waals surface area contributed by atoms with E-state index in [2.05, 4.69) is 10.5 Å². The molecule has 2 amide bonds. The van der Waals surface area contributed by atoms with Crippen molar-refractivity contribution in [3.63, 3.8) is 0 Å². The number of carbonyl (C=O) groups is 2. The van der Waals surface area contributed by atoms with Gasteiger partial charge < -0.3 is 14.7 Å². The number of nitro groups is 1. The van der Waals surface area contributed by atoms with Crippen LogP contribution in [0.3, 0.4) is 0 Å². The molecule has 28 heavy (non-hydrogen) atoms. The molecule has 0 saturated carbocycles. The standard InChI is InChI=1S/C18H21N5O5/c1-12-10-16(20-28-12)19-17(24)11-21-6-8-22(9-7-21)18(25)14-4-3-5-15(13(14)2)23(26)27/h3-5,10H,6-9,11H2,1-2H3,(H,19,20,24). The summed E-state index contributed by atoms with van der Waals surface area (Å²) in [5, 5.41) is 17.5. The van der Waals surface area contributed by atoms with Crippen LogP contribution in [0.25, 0.3) is 0 Å². The van der Waals surface area contributed by atoms with E-state index in [9.17, 15) is 19.7 Å². The van der Waals surface area contributed by atoms with Gasteiger partial charge in [-0.25, -0.2) is 0 Å². The van der Waals surface area contributed by atoms with Gasteiger partial charge in [0.15, 0.2) is 5.82 Å². The molecule has 1 aliphatic heterocycles. The van der Waals surface area contributed by atoms with Crippen LogP contribution in [0.4, 0.5) is 11.5 Å². The first-order chi connectivity index (χ1) is 13.3. The van der Waals surface area contributed by atoms with Gasteiger partial charge in [0.25, 0.3) is 11.6 Å². The Balaban J connectivity index is 1.55. The molecule has 0 unspecified atom stereocenters. The number of nitrogens with zero attached hydrogens (tertiary/aromatic N) is 4. The van der Waals surface area contributed by atoms with Crippen molar-refractivity contribution < 1.29 is 19.0 Å². The Hall–Kier alpha value is -3.27. The lowest BCUT2D eigenvalue weighted by Gasteiger charge is -2.34. The number of hydrogen-bond donors (Lipinski definition) is 1. The fraction of sp³-hybridized carbons (Fsp3) is 0.389. The Bertz CT molecular complexity index is 902. The van der Waals surface area contributed by atoms with Crippen LogP contribution in [0.1, 0.15) is 21.7 Å². The van der Waals surface area contributed by atoms with Crippen LogP contribution >= 0.6 is 0 Å². The molecule has 0 bridgehead atoms. The summed E-state index contributed by atoms with van der Waals surface area (Å²) in [5.41, 5.74) is 0.633. The SMILES string of the molecule is Cc1cc(NC(=O)CN2CCN(C(=O)c3cccc([N+](=O)[O-])c3C)CC2)no1. The summed E-state index contributed by atoms with van der Waals surface area (Å²) >= 11 is 0. The second-order valence-electron chi connectivity index (χ2n) is 6.65. The van der Waals surface area contributed by atoms with E-state index in [1.807, 2.05) is 4.90 Å². The van der Waals surface area contributed by atoms with Crippen molar-refractivity contribution in [1.82, 2.24) is 15.0 Å². The minimum absolute atomic E-state index is 0.0655. The molecule has 1 aromatic carbocycles. The van der Waals surface area contributed by atoms with E-state index in [0.717, 1.165) is 0 Å². The number of rotatable bonds is 5. The number of nitrogens with one attached hydrogen (secondary N) is 1. The molecule has 3 rings (SSSR count). The fourth-order valence-corrected chi connectivity index (χ4v) is 3.14. The second-order valence-corrected chi connectivity index (χ2v) is 6.65. The summed E-state index contributed by atoms with van der Waals surface area (Å²) in [5.74, 6) is 0.544. The minimum atomic E-state index is -0.487. The summed E-state index contributed by atoms with van der Waals surface area (Å²) in [6.45, 7) is 5.45. The van der Waals surface area contributed by atoms with E-state index in [4.69, 9.17) is 4.52 Å². The van der Waals surface area contributed by atoms with E-state index in [1.165, 1.54) is 12.1 Å². The zero-order valence-electron chi connectivity index (χ0n) is 15.7. The predicted molar refractivity (Wildman–Crippen MR) is 100 cm³/mol. The van der Waals surface area contributed by atoms with Gasteiger partial charge in [-0.15, -0.1) is 0 Å². The molecule has 148 valence electrons. The fourth-order valence-electron chi connectivity index (χ4n) is 3.14. The highest BCUT2D eigenvalue weighted by atomic mass is 16.6. The molecule has 0 aliphatic carbocycles. The van der Waals surface area contributed by atoms with Gasteiger partial charge in [0.2, 0.25) is 5.91 Å². The van der Waals surface area contributed by atoms with Crippen molar-refractivity contribution in [3.8, 4) is 0 Å². The van der Waals surface area contributed by atoms with Crippen LogP contribution in [0, 0.1) is 24.0 Å². The average molecular weight is 387 g/mol. The number of benzene rings is 1. The summed E-state index contributed by atoms with van der Waals surface area (Å²) in [6.07, 6.45) is 0. The molecular weight excluding hydrogens is 366 g/mol. The largest absolute Gasteiger partial charge is 0.360 e. The Morgan fingerprint density at radius 1 is 1.25 bits per heavy atom. The molecular formula is C18H21N5O5. The zero-order chi connectivity index (χ0) is 20.3. The number of hydrogen-bond acceptors (Lipinski definition) is 7.